The van der Waals surface area contributed by atoms with Crippen LogP contribution in [0.3, 0.4) is 0 Å². The maximum atomic E-state index is 13.3. The molecule has 0 spiro atoms. The minimum Gasteiger partial charge on any atom is -0.489 e. The molecular formula is C14H21FN2O2. The van der Waals surface area contributed by atoms with Crippen LogP contribution < -0.4 is 4.74 Å². The molecule has 5 heteroatoms. The Bertz CT molecular complexity index is 424. The molecule has 1 aromatic carbocycles. The zero-order chi connectivity index (χ0) is 14.4. The monoisotopic (exact) mass is 268 g/mol. The number of amides is 1. The van der Waals surface area contributed by atoms with E-state index in [1.807, 2.05) is 18.9 Å². The third-order valence-corrected chi connectivity index (χ3v) is 3.00. The standard InChI is InChI=1S/C14H21FN2O2/c1-11(14(18)16(2)3)17(4)9-10-19-13-8-6-5-7-12(13)15/h5-8,11H,9-10H2,1-4H3. The van der Waals surface area contributed by atoms with Gasteiger partial charge in [0.15, 0.2) is 11.6 Å². The summed E-state index contributed by atoms with van der Waals surface area (Å²) in [6.45, 7) is 2.73. The molecule has 0 fully saturated rings. The molecule has 1 aromatic rings. The third-order valence-electron chi connectivity index (χ3n) is 3.00. The predicted molar refractivity (Wildman–Crippen MR) is 72.7 cm³/mol. The van der Waals surface area contributed by atoms with E-state index in [1.165, 1.54) is 6.07 Å². The van der Waals surface area contributed by atoms with Gasteiger partial charge in [0, 0.05) is 20.6 Å². The minimum absolute atomic E-state index is 0.0355. The molecule has 0 heterocycles. The number of likely N-dealkylation sites (N-methyl/N-ethyl adjacent to an activating group) is 2. The first kappa shape index (κ1) is 15.4. The van der Waals surface area contributed by atoms with E-state index in [-0.39, 0.29) is 23.5 Å². The summed E-state index contributed by atoms with van der Waals surface area (Å²) in [6, 6.07) is 6.06. The number of nitrogens with zero attached hydrogens (tertiary/aromatic N) is 2. The van der Waals surface area contributed by atoms with Crippen molar-refractivity contribution in [3.8, 4) is 5.75 Å². The molecule has 106 valence electrons. The van der Waals surface area contributed by atoms with Gasteiger partial charge in [-0.2, -0.15) is 0 Å². The van der Waals surface area contributed by atoms with Crippen LogP contribution in [-0.4, -0.2) is 56.0 Å². The van der Waals surface area contributed by atoms with Gasteiger partial charge in [-0.05, 0) is 26.1 Å². The molecule has 0 aliphatic carbocycles. The second kappa shape index (κ2) is 7.09. The number of benzene rings is 1. The molecule has 0 N–H and O–H groups in total. The summed E-state index contributed by atoms with van der Waals surface area (Å²) >= 11 is 0. The first-order valence-electron chi connectivity index (χ1n) is 6.22. The lowest BCUT2D eigenvalue weighted by atomic mass is 10.2. The molecule has 1 unspecified atom stereocenters. The molecule has 0 aliphatic rings. The molecular weight excluding hydrogens is 247 g/mol. The summed E-state index contributed by atoms with van der Waals surface area (Å²) in [6.07, 6.45) is 0. The quantitative estimate of drug-likeness (QED) is 0.786. The molecule has 1 amide bonds. The van der Waals surface area contributed by atoms with Crippen molar-refractivity contribution in [3.05, 3.63) is 30.1 Å². The Balaban J connectivity index is 2.41. The highest BCUT2D eigenvalue weighted by molar-refractivity contribution is 5.80. The lowest BCUT2D eigenvalue weighted by molar-refractivity contribution is -0.133. The largest absolute Gasteiger partial charge is 0.489 e. The van der Waals surface area contributed by atoms with Crippen LogP contribution in [0.2, 0.25) is 0 Å². The van der Waals surface area contributed by atoms with Gasteiger partial charge in [0.25, 0.3) is 0 Å². The Labute approximate surface area is 113 Å². The van der Waals surface area contributed by atoms with Crippen LogP contribution in [0.5, 0.6) is 5.75 Å². The number of carbonyl (C=O) groups is 1. The van der Waals surface area contributed by atoms with Crippen molar-refractivity contribution in [2.75, 3.05) is 34.3 Å². The van der Waals surface area contributed by atoms with Crippen LogP contribution in [0.1, 0.15) is 6.92 Å². The molecule has 19 heavy (non-hydrogen) atoms. The zero-order valence-corrected chi connectivity index (χ0v) is 11.9. The molecule has 0 saturated heterocycles. The highest BCUT2D eigenvalue weighted by atomic mass is 19.1. The summed E-state index contributed by atoms with van der Waals surface area (Å²) in [7, 11) is 5.29. The van der Waals surface area contributed by atoms with Crippen molar-refractivity contribution in [3.63, 3.8) is 0 Å². The van der Waals surface area contributed by atoms with Crippen LogP contribution in [-0.2, 0) is 4.79 Å². The Hall–Kier alpha value is -1.62. The predicted octanol–water partition coefficient (Wildman–Crippen LogP) is 1.61. The van der Waals surface area contributed by atoms with Gasteiger partial charge in [-0.3, -0.25) is 9.69 Å². The molecule has 4 nitrogen and oxygen atoms in total. The lowest BCUT2D eigenvalue weighted by Gasteiger charge is -2.26. The first-order chi connectivity index (χ1) is 8.93. The van der Waals surface area contributed by atoms with Crippen molar-refractivity contribution in [2.45, 2.75) is 13.0 Å². The fourth-order valence-electron chi connectivity index (χ4n) is 1.62. The Morgan fingerprint density at radius 1 is 1.32 bits per heavy atom. The number of hydrogen-bond acceptors (Lipinski definition) is 3. The van der Waals surface area contributed by atoms with Crippen LogP contribution in [0.15, 0.2) is 24.3 Å². The summed E-state index contributed by atoms with van der Waals surface area (Å²) < 4.78 is 18.7. The second-order valence-corrected chi connectivity index (χ2v) is 4.67. The van der Waals surface area contributed by atoms with E-state index in [0.717, 1.165) is 0 Å². The topological polar surface area (TPSA) is 32.8 Å². The Kier molecular flexibility index (Phi) is 5.76. The summed E-state index contributed by atoms with van der Waals surface area (Å²) in [4.78, 5) is 15.2. The lowest BCUT2D eigenvalue weighted by Crippen LogP contribution is -2.44. The fourth-order valence-corrected chi connectivity index (χ4v) is 1.62. The molecule has 0 aromatic heterocycles. The van der Waals surface area contributed by atoms with Crippen LogP contribution in [0.25, 0.3) is 0 Å². The maximum Gasteiger partial charge on any atom is 0.239 e. The number of hydrogen-bond donors (Lipinski definition) is 0. The number of carbonyl (C=O) groups excluding carboxylic acids is 1. The van der Waals surface area contributed by atoms with E-state index < -0.39 is 0 Å². The van der Waals surface area contributed by atoms with E-state index in [1.54, 1.807) is 37.2 Å². The van der Waals surface area contributed by atoms with Gasteiger partial charge >= 0.3 is 0 Å². The zero-order valence-electron chi connectivity index (χ0n) is 11.9. The van der Waals surface area contributed by atoms with E-state index in [9.17, 15) is 9.18 Å². The SMILES string of the molecule is CC(C(=O)N(C)C)N(C)CCOc1ccccc1F. The van der Waals surface area contributed by atoms with Crippen LogP contribution in [0.4, 0.5) is 4.39 Å². The smallest absolute Gasteiger partial charge is 0.239 e. The average Bonchev–Trinajstić information content (AvgIpc) is 2.38. The maximum absolute atomic E-state index is 13.3. The van der Waals surface area contributed by atoms with E-state index in [2.05, 4.69) is 0 Å². The van der Waals surface area contributed by atoms with E-state index in [0.29, 0.717) is 13.2 Å². The Morgan fingerprint density at radius 2 is 1.95 bits per heavy atom. The summed E-state index contributed by atoms with van der Waals surface area (Å²) in [5.74, 6) is -0.0987. The first-order valence-corrected chi connectivity index (χ1v) is 6.22. The molecule has 1 rings (SSSR count). The average molecular weight is 268 g/mol. The molecule has 0 bridgehead atoms. The van der Waals surface area contributed by atoms with Crippen LogP contribution >= 0.6 is 0 Å². The molecule has 0 aliphatic heterocycles. The van der Waals surface area contributed by atoms with E-state index >= 15 is 0 Å². The van der Waals surface area contributed by atoms with Crippen molar-refractivity contribution in [1.29, 1.82) is 0 Å². The fraction of sp³-hybridized carbons (Fsp3) is 0.500. The van der Waals surface area contributed by atoms with Gasteiger partial charge < -0.3 is 9.64 Å². The highest BCUT2D eigenvalue weighted by Gasteiger charge is 2.19. The summed E-state index contributed by atoms with van der Waals surface area (Å²) in [5.41, 5.74) is 0. The molecule has 1 atom stereocenters. The van der Waals surface area contributed by atoms with Gasteiger partial charge in [-0.15, -0.1) is 0 Å². The highest BCUT2D eigenvalue weighted by Crippen LogP contribution is 2.15. The van der Waals surface area contributed by atoms with Crippen LogP contribution in [0, 0.1) is 5.82 Å². The normalized spacial score (nSPS) is 12.3. The van der Waals surface area contributed by atoms with Crippen molar-refractivity contribution >= 4 is 5.91 Å². The van der Waals surface area contributed by atoms with Gasteiger partial charge in [0.1, 0.15) is 6.61 Å². The van der Waals surface area contributed by atoms with Gasteiger partial charge in [0.05, 0.1) is 6.04 Å². The van der Waals surface area contributed by atoms with Crippen molar-refractivity contribution < 1.29 is 13.9 Å². The third kappa shape index (κ3) is 4.52. The number of ether oxygens (including phenoxy) is 1. The van der Waals surface area contributed by atoms with Gasteiger partial charge in [-0.1, -0.05) is 12.1 Å². The van der Waals surface area contributed by atoms with Crippen molar-refractivity contribution in [1.82, 2.24) is 9.80 Å². The molecule has 0 radical (unpaired) electrons. The number of para-hydroxylation sites is 1. The van der Waals surface area contributed by atoms with Gasteiger partial charge in [-0.25, -0.2) is 4.39 Å². The summed E-state index contributed by atoms with van der Waals surface area (Å²) in [5, 5.41) is 0. The number of rotatable bonds is 6. The van der Waals surface area contributed by atoms with Crippen molar-refractivity contribution in [2.24, 2.45) is 0 Å². The minimum atomic E-state index is -0.373. The molecule has 0 saturated carbocycles. The Morgan fingerprint density at radius 3 is 2.53 bits per heavy atom. The second-order valence-electron chi connectivity index (χ2n) is 4.67. The number of halogens is 1. The van der Waals surface area contributed by atoms with Gasteiger partial charge in [0.2, 0.25) is 5.91 Å². The van der Waals surface area contributed by atoms with E-state index in [4.69, 9.17) is 4.74 Å².